The van der Waals surface area contributed by atoms with Crippen LogP contribution in [0, 0.1) is 0 Å². The average Bonchev–Trinajstić information content (AvgIpc) is 2.56. The number of fused-ring (bicyclic) bond motifs is 1. The van der Waals surface area contributed by atoms with Gasteiger partial charge in [0.15, 0.2) is 0 Å². The van der Waals surface area contributed by atoms with Gasteiger partial charge in [0, 0.05) is 31.7 Å². The molecule has 1 aromatic carbocycles. The number of hydrogen-bond donors (Lipinski definition) is 0. The fraction of sp³-hybridized carbons (Fsp3) is 0.700. The van der Waals surface area contributed by atoms with Gasteiger partial charge in [0.25, 0.3) is 0 Å². The molecule has 23 heavy (non-hydrogen) atoms. The van der Waals surface area contributed by atoms with Gasteiger partial charge in [-0.05, 0) is 38.2 Å². The molecule has 3 rings (SSSR count). The van der Waals surface area contributed by atoms with Crippen molar-refractivity contribution in [1.82, 2.24) is 4.90 Å². The van der Waals surface area contributed by atoms with Crippen molar-refractivity contribution in [3.05, 3.63) is 35.9 Å². The van der Waals surface area contributed by atoms with E-state index in [9.17, 15) is 0 Å². The van der Waals surface area contributed by atoms with E-state index >= 15 is 0 Å². The lowest BCUT2D eigenvalue weighted by atomic mass is 9.71. The van der Waals surface area contributed by atoms with Crippen molar-refractivity contribution in [3.8, 4) is 0 Å². The lowest BCUT2D eigenvalue weighted by Crippen LogP contribution is -2.57. The highest BCUT2D eigenvalue weighted by molar-refractivity contribution is 5.26. The first kappa shape index (κ1) is 16.9. The molecule has 1 aromatic rings. The zero-order valence-corrected chi connectivity index (χ0v) is 14.9. The van der Waals surface area contributed by atoms with Crippen LogP contribution in [0.3, 0.4) is 0 Å². The van der Waals surface area contributed by atoms with Crippen LogP contribution in [0.4, 0.5) is 0 Å². The van der Waals surface area contributed by atoms with E-state index in [-0.39, 0.29) is 5.60 Å². The molecular weight excluding hydrogens is 286 g/mol. The summed E-state index contributed by atoms with van der Waals surface area (Å²) < 4.78 is 11.3. The van der Waals surface area contributed by atoms with Gasteiger partial charge in [0.1, 0.15) is 0 Å². The largest absolute Gasteiger partial charge is 0.382 e. The SMILES string of the molecule is COCCOC1(C)CCN2CC(C)(c3ccccc3)CCC2C1. The lowest BCUT2D eigenvalue weighted by molar-refractivity contribution is -0.109. The number of methoxy groups -OCH3 is 1. The van der Waals surface area contributed by atoms with Crippen molar-refractivity contribution in [2.75, 3.05) is 33.4 Å². The van der Waals surface area contributed by atoms with E-state index in [0.717, 1.165) is 19.4 Å². The molecule has 3 nitrogen and oxygen atoms in total. The van der Waals surface area contributed by atoms with Crippen molar-refractivity contribution in [3.63, 3.8) is 0 Å². The van der Waals surface area contributed by atoms with Crippen LogP contribution < -0.4 is 0 Å². The maximum Gasteiger partial charge on any atom is 0.0707 e. The summed E-state index contributed by atoms with van der Waals surface area (Å²) in [6.45, 7) is 8.44. The van der Waals surface area contributed by atoms with Crippen LogP contribution in [0.15, 0.2) is 30.3 Å². The Balaban J connectivity index is 1.62. The van der Waals surface area contributed by atoms with Crippen molar-refractivity contribution in [2.45, 2.75) is 56.6 Å². The summed E-state index contributed by atoms with van der Waals surface area (Å²) in [7, 11) is 1.74. The Hall–Kier alpha value is -0.900. The summed E-state index contributed by atoms with van der Waals surface area (Å²) in [6, 6.07) is 11.7. The molecule has 0 aliphatic carbocycles. The summed E-state index contributed by atoms with van der Waals surface area (Å²) in [5, 5.41) is 0. The summed E-state index contributed by atoms with van der Waals surface area (Å²) in [6.07, 6.45) is 4.82. The van der Waals surface area contributed by atoms with Gasteiger partial charge in [0.2, 0.25) is 0 Å². The smallest absolute Gasteiger partial charge is 0.0707 e. The third-order valence-electron chi connectivity index (χ3n) is 5.90. The Morgan fingerprint density at radius 3 is 2.65 bits per heavy atom. The van der Waals surface area contributed by atoms with Gasteiger partial charge < -0.3 is 9.47 Å². The van der Waals surface area contributed by atoms with Crippen LogP contribution in [0.2, 0.25) is 0 Å². The normalized spacial score (nSPS) is 35.0. The van der Waals surface area contributed by atoms with E-state index in [1.54, 1.807) is 7.11 Å². The molecule has 0 spiro atoms. The Bertz CT molecular complexity index is 506. The molecule has 128 valence electrons. The zero-order chi connectivity index (χ0) is 16.3. The average molecular weight is 317 g/mol. The molecule has 0 aromatic heterocycles. The molecule has 3 atom stereocenters. The van der Waals surface area contributed by atoms with Crippen LogP contribution in [0.25, 0.3) is 0 Å². The van der Waals surface area contributed by atoms with Crippen molar-refractivity contribution in [1.29, 1.82) is 0 Å². The third-order valence-corrected chi connectivity index (χ3v) is 5.90. The van der Waals surface area contributed by atoms with Gasteiger partial charge >= 0.3 is 0 Å². The molecule has 2 aliphatic heterocycles. The van der Waals surface area contributed by atoms with Crippen LogP contribution in [-0.4, -0.2) is 50.0 Å². The summed E-state index contributed by atoms with van der Waals surface area (Å²) in [4.78, 5) is 2.71. The van der Waals surface area contributed by atoms with Gasteiger partial charge in [-0.3, -0.25) is 4.90 Å². The van der Waals surface area contributed by atoms with Crippen molar-refractivity contribution < 1.29 is 9.47 Å². The zero-order valence-electron chi connectivity index (χ0n) is 14.9. The maximum atomic E-state index is 6.14. The molecule has 0 saturated carbocycles. The first-order valence-electron chi connectivity index (χ1n) is 8.97. The minimum Gasteiger partial charge on any atom is -0.382 e. The van der Waals surface area contributed by atoms with Gasteiger partial charge in [-0.1, -0.05) is 37.3 Å². The van der Waals surface area contributed by atoms with Gasteiger partial charge in [0.05, 0.1) is 18.8 Å². The van der Waals surface area contributed by atoms with Crippen molar-refractivity contribution in [2.24, 2.45) is 0 Å². The van der Waals surface area contributed by atoms with E-state index in [1.165, 1.54) is 24.9 Å². The molecule has 3 unspecified atom stereocenters. The van der Waals surface area contributed by atoms with Crippen LogP contribution >= 0.6 is 0 Å². The standard InChI is InChI=1S/C20H31NO2/c1-19(17-7-5-4-6-8-17)10-9-18-15-20(2,23-14-13-22-3)11-12-21(18)16-19/h4-8,18H,9-16H2,1-3H3. The van der Waals surface area contributed by atoms with E-state index < -0.39 is 0 Å². The van der Waals surface area contributed by atoms with Gasteiger partial charge in [-0.2, -0.15) is 0 Å². The highest BCUT2D eigenvalue weighted by Gasteiger charge is 2.43. The first-order valence-corrected chi connectivity index (χ1v) is 8.97. The maximum absolute atomic E-state index is 6.14. The Morgan fingerprint density at radius 1 is 1.13 bits per heavy atom. The number of hydrogen-bond acceptors (Lipinski definition) is 3. The minimum atomic E-state index is 0.0280. The van der Waals surface area contributed by atoms with Crippen molar-refractivity contribution >= 4 is 0 Å². The number of ether oxygens (including phenoxy) is 2. The summed E-state index contributed by atoms with van der Waals surface area (Å²) in [5.41, 5.74) is 1.81. The van der Waals surface area contributed by atoms with E-state index in [2.05, 4.69) is 49.1 Å². The third kappa shape index (κ3) is 3.78. The quantitative estimate of drug-likeness (QED) is 0.774. The molecule has 0 amide bonds. The predicted molar refractivity (Wildman–Crippen MR) is 93.9 cm³/mol. The Kier molecular flexibility index (Phi) is 5.10. The van der Waals surface area contributed by atoms with Crippen LogP contribution in [0.1, 0.15) is 45.1 Å². The molecule has 2 fully saturated rings. The van der Waals surface area contributed by atoms with Crippen LogP contribution in [-0.2, 0) is 14.9 Å². The number of nitrogens with zero attached hydrogens (tertiary/aromatic N) is 1. The minimum absolute atomic E-state index is 0.0280. The lowest BCUT2D eigenvalue weighted by Gasteiger charge is -2.52. The Morgan fingerprint density at radius 2 is 1.91 bits per heavy atom. The predicted octanol–water partition coefficient (Wildman–Crippen LogP) is 3.62. The number of piperidine rings is 2. The second-order valence-electron chi connectivity index (χ2n) is 7.83. The summed E-state index contributed by atoms with van der Waals surface area (Å²) in [5.74, 6) is 0. The second kappa shape index (κ2) is 6.92. The monoisotopic (exact) mass is 317 g/mol. The number of benzene rings is 1. The topological polar surface area (TPSA) is 21.7 Å². The van der Waals surface area contributed by atoms with E-state index in [1.807, 2.05) is 0 Å². The highest BCUT2D eigenvalue weighted by atomic mass is 16.5. The molecular formula is C20H31NO2. The molecule has 2 saturated heterocycles. The fourth-order valence-corrected chi connectivity index (χ4v) is 4.38. The molecule has 2 heterocycles. The van der Waals surface area contributed by atoms with Gasteiger partial charge in [-0.15, -0.1) is 0 Å². The molecule has 0 bridgehead atoms. The molecule has 3 heteroatoms. The fourth-order valence-electron chi connectivity index (χ4n) is 4.38. The van der Waals surface area contributed by atoms with E-state index in [0.29, 0.717) is 24.7 Å². The Labute approximate surface area is 141 Å². The molecule has 0 radical (unpaired) electrons. The van der Waals surface area contributed by atoms with E-state index in [4.69, 9.17) is 9.47 Å². The molecule has 2 aliphatic rings. The first-order chi connectivity index (χ1) is 11.0. The second-order valence-corrected chi connectivity index (χ2v) is 7.83. The van der Waals surface area contributed by atoms with Gasteiger partial charge in [-0.25, -0.2) is 0 Å². The molecule has 0 N–H and O–H groups in total. The number of rotatable bonds is 5. The highest BCUT2D eigenvalue weighted by Crippen LogP contribution is 2.41. The van der Waals surface area contributed by atoms with Crippen LogP contribution in [0.5, 0.6) is 0 Å². The summed E-state index contributed by atoms with van der Waals surface area (Å²) >= 11 is 0.